The van der Waals surface area contributed by atoms with E-state index in [1.807, 2.05) is 12.2 Å². The Balaban J connectivity index is 0.000000238. The Bertz CT molecular complexity index is 1620. The molecule has 0 saturated carbocycles. The van der Waals surface area contributed by atoms with Gasteiger partial charge < -0.3 is 4.74 Å². The molecule has 0 fully saturated rings. The zero-order chi connectivity index (χ0) is 31.5. The summed E-state index contributed by atoms with van der Waals surface area (Å²) < 4.78 is 6.58. The zero-order valence-corrected chi connectivity index (χ0v) is 28.1. The molecule has 1 heterocycles. The highest BCUT2D eigenvalue weighted by Crippen LogP contribution is 2.53. The van der Waals surface area contributed by atoms with Gasteiger partial charge >= 0.3 is 0 Å². The highest BCUT2D eigenvalue weighted by Gasteiger charge is 2.35. The summed E-state index contributed by atoms with van der Waals surface area (Å²) in [5.41, 5.74) is 5.01. The molecule has 0 amide bonds. The van der Waals surface area contributed by atoms with Gasteiger partial charge in [0.15, 0.2) is 0 Å². The summed E-state index contributed by atoms with van der Waals surface area (Å²) in [7, 11) is -0.0327. The van der Waals surface area contributed by atoms with E-state index in [2.05, 4.69) is 149 Å². The lowest BCUT2D eigenvalue weighted by molar-refractivity contribution is 0.308. The van der Waals surface area contributed by atoms with Crippen molar-refractivity contribution in [2.75, 3.05) is 6.66 Å². The zero-order valence-electron chi connectivity index (χ0n) is 27.2. The van der Waals surface area contributed by atoms with E-state index < -0.39 is 0 Å². The maximum Gasteiger partial charge on any atom is 0.134 e. The van der Waals surface area contributed by atoms with Gasteiger partial charge in [0.2, 0.25) is 0 Å². The van der Waals surface area contributed by atoms with E-state index in [9.17, 15) is 0 Å². The minimum Gasteiger partial charge on any atom is -0.461 e. The highest BCUT2D eigenvalue weighted by atomic mass is 31.1. The van der Waals surface area contributed by atoms with Crippen LogP contribution < -0.4 is 4.74 Å². The van der Waals surface area contributed by atoms with Crippen LogP contribution in [0.25, 0.3) is 0 Å². The first-order chi connectivity index (χ1) is 22.0. The molecule has 230 valence electrons. The Morgan fingerprint density at radius 2 is 1.71 bits per heavy atom. The summed E-state index contributed by atoms with van der Waals surface area (Å²) in [4.78, 5) is 0. The standard InChI is InChI=1S/C30H30O.C13H17P/c1-4-5-9-19-25-22-30(2,3)27-21-14-20-26(29(27)31-25)28(24-17-12-8-13-18-24)23-15-10-6-7-11-16-23;1-14(12-8-4-2-5-9-12)13-10-6-3-7-11-13/h4-6,8-21,28H,1,7,22H2,2-3H3;2,4,6,8,10-11H,3,5,7,9H2,1H3/b9-5-,25-19+;. The van der Waals surface area contributed by atoms with E-state index in [1.165, 1.54) is 47.9 Å². The van der Waals surface area contributed by atoms with Gasteiger partial charge in [-0.25, -0.2) is 0 Å². The maximum absolute atomic E-state index is 6.58. The first kappa shape index (κ1) is 32.5. The van der Waals surface area contributed by atoms with E-state index >= 15 is 0 Å². The smallest absolute Gasteiger partial charge is 0.134 e. The number of hydrogen-bond acceptors (Lipinski definition) is 1. The van der Waals surface area contributed by atoms with Crippen LogP contribution in [0.5, 0.6) is 5.75 Å². The molecular formula is C43H47OP. The third-order valence-electron chi connectivity index (χ3n) is 8.72. The highest BCUT2D eigenvalue weighted by molar-refractivity contribution is 7.65. The summed E-state index contributed by atoms with van der Waals surface area (Å²) in [5.74, 6) is 2.09. The van der Waals surface area contributed by atoms with Crippen LogP contribution in [0, 0.1) is 0 Å². The summed E-state index contributed by atoms with van der Waals surface area (Å²) >= 11 is 0. The minimum atomic E-state index is -0.0327. The molecule has 2 aromatic carbocycles. The second kappa shape index (κ2) is 15.9. The number of allylic oxidation sites excluding steroid dienone is 19. The van der Waals surface area contributed by atoms with Crippen molar-refractivity contribution in [1.82, 2.24) is 0 Å². The van der Waals surface area contributed by atoms with Gasteiger partial charge in [0.1, 0.15) is 11.5 Å². The lowest BCUT2D eigenvalue weighted by atomic mass is 9.75. The molecule has 0 N–H and O–H groups in total. The van der Waals surface area contributed by atoms with Crippen molar-refractivity contribution < 1.29 is 4.74 Å². The van der Waals surface area contributed by atoms with Crippen molar-refractivity contribution in [3.8, 4) is 5.75 Å². The predicted octanol–water partition coefficient (Wildman–Crippen LogP) is 12.5. The fourth-order valence-electron chi connectivity index (χ4n) is 6.33. The predicted molar refractivity (Wildman–Crippen MR) is 197 cm³/mol. The van der Waals surface area contributed by atoms with E-state index in [1.54, 1.807) is 16.7 Å². The lowest BCUT2D eigenvalue weighted by Crippen LogP contribution is -2.26. The molecule has 6 rings (SSSR count). The number of rotatable bonds is 7. The number of hydrogen-bond donors (Lipinski definition) is 0. The summed E-state index contributed by atoms with van der Waals surface area (Å²) in [6, 6.07) is 17.3. The van der Waals surface area contributed by atoms with Crippen LogP contribution in [0.3, 0.4) is 0 Å². The second-order valence-electron chi connectivity index (χ2n) is 12.5. The van der Waals surface area contributed by atoms with Crippen molar-refractivity contribution in [3.05, 3.63) is 185 Å². The topological polar surface area (TPSA) is 9.23 Å². The third-order valence-corrected chi connectivity index (χ3v) is 11.1. The number of benzene rings is 2. The SMILES string of the molecule is C=C/C=C\C=C1/CC(C)(C)c2cccc(C(C3=CC=CCC=C3)c3ccccc3)c2O1.CP(C1=CCCC=C1)C1=CC=CCC1. The number of para-hydroxylation sites is 1. The molecule has 2 unspecified atom stereocenters. The van der Waals surface area contributed by atoms with Gasteiger partial charge in [-0.2, -0.15) is 0 Å². The summed E-state index contributed by atoms with van der Waals surface area (Å²) in [6.45, 7) is 10.8. The molecule has 2 aromatic rings. The van der Waals surface area contributed by atoms with E-state index in [0.717, 1.165) is 24.4 Å². The fourth-order valence-corrected chi connectivity index (χ4v) is 8.17. The number of fused-ring (bicyclic) bond motifs is 1. The van der Waals surface area contributed by atoms with Crippen molar-refractivity contribution in [2.45, 2.75) is 63.7 Å². The first-order valence-electron chi connectivity index (χ1n) is 16.3. The molecule has 3 aliphatic carbocycles. The molecule has 2 heteroatoms. The van der Waals surface area contributed by atoms with Crippen molar-refractivity contribution >= 4 is 7.92 Å². The van der Waals surface area contributed by atoms with Gasteiger partial charge in [-0.3, -0.25) is 0 Å². The maximum atomic E-state index is 6.58. The largest absolute Gasteiger partial charge is 0.461 e. The van der Waals surface area contributed by atoms with Crippen molar-refractivity contribution in [3.63, 3.8) is 0 Å². The quantitative estimate of drug-likeness (QED) is 0.224. The van der Waals surface area contributed by atoms with Gasteiger partial charge in [-0.05, 0) is 66.6 Å². The molecule has 1 aliphatic heterocycles. The van der Waals surface area contributed by atoms with Crippen LogP contribution in [0.4, 0.5) is 0 Å². The van der Waals surface area contributed by atoms with E-state index in [-0.39, 0.29) is 19.3 Å². The summed E-state index contributed by atoms with van der Waals surface area (Å²) in [6.07, 6.45) is 39.5. The summed E-state index contributed by atoms with van der Waals surface area (Å²) in [5, 5.41) is 3.23. The van der Waals surface area contributed by atoms with Crippen molar-refractivity contribution in [2.24, 2.45) is 0 Å². The number of ether oxygens (including phenoxy) is 1. The van der Waals surface area contributed by atoms with Gasteiger partial charge in [0.25, 0.3) is 0 Å². The van der Waals surface area contributed by atoms with E-state index in [4.69, 9.17) is 4.74 Å². The molecule has 2 atom stereocenters. The first-order valence-corrected chi connectivity index (χ1v) is 18.1. The molecule has 0 bridgehead atoms. The monoisotopic (exact) mass is 610 g/mol. The van der Waals surface area contributed by atoms with Crippen LogP contribution in [-0.2, 0) is 5.41 Å². The molecular weight excluding hydrogens is 563 g/mol. The van der Waals surface area contributed by atoms with E-state index in [0.29, 0.717) is 0 Å². The third kappa shape index (κ3) is 8.42. The Labute approximate surface area is 273 Å². The Kier molecular flexibility index (Phi) is 11.5. The molecule has 0 aromatic heterocycles. The Morgan fingerprint density at radius 3 is 2.47 bits per heavy atom. The van der Waals surface area contributed by atoms with Gasteiger partial charge in [0.05, 0.1) is 0 Å². The average Bonchev–Trinajstić information content (AvgIpc) is 3.36. The van der Waals surface area contributed by atoms with Gasteiger partial charge in [0, 0.05) is 28.9 Å². The fraction of sp³-hybridized carbons (Fsp3) is 0.256. The van der Waals surface area contributed by atoms with Crippen LogP contribution in [0.1, 0.15) is 75.0 Å². The molecule has 0 radical (unpaired) electrons. The Hall–Kier alpha value is -3.93. The molecule has 45 heavy (non-hydrogen) atoms. The second-order valence-corrected chi connectivity index (χ2v) is 14.7. The molecule has 1 nitrogen and oxygen atoms in total. The minimum absolute atomic E-state index is 0.00768. The normalized spacial score (nSPS) is 20.5. The van der Waals surface area contributed by atoms with Crippen LogP contribution in [0.2, 0.25) is 0 Å². The lowest BCUT2D eigenvalue weighted by Gasteiger charge is -2.36. The molecule has 4 aliphatic rings. The van der Waals surface area contributed by atoms with Crippen molar-refractivity contribution in [1.29, 1.82) is 0 Å². The average molecular weight is 611 g/mol. The van der Waals surface area contributed by atoms with Gasteiger partial charge in [-0.15, -0.1) is 0 Å². The van der Waals surface area contributed by atoms with Crippen LogP contribution >= 0.6 is 7.92 Å². The van der Waals surface area contributed by atoms with Crippen LogP contribution in [0.15, 0.2) is 168 Å². The van der Waals surface area contributed by atoms with Crippen LogP contribution in [-0.4, -0.2) is 6.66 Å². The molecule has 0 saturated heterocycles. The molecule has 0 spiro atoms. The Morgan fingerprint density at radius 1 is 0.867 bits per heavy atom. The van der Waals surface area contributed by atoms with Gasteiger partial charge in [-0.1, -0.05) is 162 Å².